The Balaban J connectivity index is 2.45. The van der Waals surface area contributed by atoms with Gasteiger partial charge in [0.2, 0.25) is 0 Å². The van der Waals surface area contributed by atoms with Gasteiger partial charge in [0.25, 0.3) is 5.69 Å². The summed E-state index contributed by atoms with van der Waals surface area (Å²) in [6.07, 6.45) is 1.90. The minimum atomic E-state index is -0.427. The molecular weight excluding hydrogens is 301 g/mol. The summed E-state index contributed by atoms with van der Waals surface area (Å²) in [7, 11) is 0. The van der Waals surface area contributed by atoms with Gasteiger partial charge in [-0.25, -0.2) is 0 Å². The van der Waals surface area contributed by atoms with E-state index >= 15 is 0 Å². The average Bonchev–Trinajstić information content (AvgIpc) is 2.41. The summed E-state index contributed by atoms with van der Waals surface area (Å²) in [5, 5.41) is 11.7. The molecule has 0 aromatic heterocycles. The molecule has 1 fully saturated rings. The fourth-order valence-electron chi connectivity index (χ4n) is 2.69. The Labute approximate surface area is 127 Å². The zero-order chi connectivity index (χ0) is 14.9. The Hall–Kier alpha value is -1.04. The van der Waals surface area contributed by atoms with Gasteiger partial charge >= 0.3 is 0 Å². The second-order valence-corrected chi connectivity index (χ2v) is 6.04. The van der Waals surface area contributed by atoms with Crippen molar-refractivity contribution in [2.24, 2.45) is 11.7 Å². The fraction of sp³-hybridized carbons (Fsp3) is 0.538. The monoisotopic (exact) mass is 317 g/mol. The van der Waals surface area contributed by atoms with Crippen LogP contribution in [0.1, 0.15) is 19.8 Å². The molecule has 5 nitrogen and oxygen atoms in total. The normalized spacial score (nSPS) is 22.9. The lowest BCUT2D eigenvalue weighted by molar-refractivity contribution is -0.384. The van der Waals surface area contributed by atoms with E-state index in [1.807, 2.05) is 4.90 Å². The van der Waals surface area contributed by atoms with Gasteiger partial charge in [0.15, 0.2) is 0 Å². The first-order valence-corrected chi connectivity index (χ1v) is 7.29. The molecule has 2 atom stereocenters. The highest BCUT2D eigenvalue weighted by atomic mass is 35.5. The number of benzene rings is 1. The number of anilines is 1. The number of nitro groups is 1. The quantitative estimate of drug-likeness (QED) is 0.684. The van der Waals surface area contributed by atoms with Crippen molar-refractivity contribution in [2.45, 2.75) is 25.8 Å². The molecule has 0 aliphatic carbocycles. The van der Waals surface area contributed by atoms with Crippen LogP contribution in [0.4, 0.5) is 11.4 Å². The SMILES string of the molecule is CC1CCN(c2cc(Cl)c(Cl)cc2[N+](=O)[O-])C(CN)C1. The van der Waals surface area contributed by atoms with Crippen molar-refractivity contribution in [1.82, 2.24) is 0 Å². The first kappa shape index (κ1) is 15.4. The third kappa shape index (κ3) is 3.00. The first-order valence-electron chi connectivity index (χ1n) is 6.54. The molecule has 0 amide bonds. The fourth-order valence-corrected chi connectivity index (χ4v) is 3.01. The average molecular weight is 318 g/mol. The number of piperidine rings is 1. The zero-order valence-electron chi connectivity index (χ0n) is 11.2. The van der Waals surface area contributed by atoms with Gasteiger partial charge in [-0.15, -0.1) is 0 Å². The van der Waals surface area contributed by atoms with Crippen LogP contribution in [0.25, 0.3) is 0 Å². The van der Waals surface area contributed by atoms with E-state index in [2.05, 4.69) is 6.92 Å². The maximum atomic E-state index is 11.2. The number of nitro benzene ring substituents is 1. The number of nitrogens with zero attached hydrogens (tertiary/aromatic N) is 2. The second-order valence-electron chi connectivity index (χ2n) is 5.22. The van der Waals surface area contributed by atoms with Crippen LogP contribution in [0, 0.1) is 16.0 Å². The largest absolute Gasteiger partial charge is 0.362 e. The summed E-state index contributed by atoms with van der Waals surface area (Å²) in [6.45, 7) is 3.37. The Morgan fingerprint density at radius 2 is 2.10 bits per heavy atom. The van der Waals surface area contributed by atoms with Gasteiger partial charge in [0.05, 0.1) is 15.0 Å². The van der Waals surface area contributed by atoms with E-state index in [0.29, 0.717) is 23.2 Å². The molecule has 20 heavy (non-hydrogen) atoms. The predicted octanol–water partition coefficient (Wildman–Crippen LogP) is 3.47. The number of hydrogen-bond donors (Lipinski definition) is 1. The van der Waals surface area contributed by atoms with Gasteiger partial charge in [-0.1, -0.05) is 30.1 Å². The van der Waals surface area contributed by atoms with Crippen LogP contribution in [0.3, 0.4) is 0 Å². The van der Waals surface area contributed by atoms with Crippen molar-refractivity contribution in [3.8, 4) is 0 Å². The molecule has 1 aromatic rings. The van der Waals surface area contributed by atoms with E-state index < -0.39 is 4.92 Å². The maximum absolute atomic E-state index is 11.2. The lowest BCUT2D eigenvalue weighted by Crippen LogP contribution is -2.46. The summed E-state index contributed by atoms with van der Waals surface area (Å²) in [5.74, 6) is 0.571. The van der Waals surface area contributed by atoms with E-state index in [9.17, 15) is 10.1 Å². The van der Waals surface area contributed by atoms with E-state index in [-0.39, 0.29) is 16.8 Å². The van der Waals surface area contributed by atoms with Crippen molar-refractivity contribution >= 4 is 34.6 Å². The molecule has 0 saturated carbocycles. The van der Waals surface area contributed by atoms with Crippen LogP contribution in [-0.2, 0) is 0 Å². The molecule has 0 bridgehead atoms. The summed E-state index contributed by atoms with van der Waals surface area (Å²) < 4.78 is 0. The Morgan fingerprint density at radius 3 is 2.70 bits per heavy atom. The summed E-state index contributed by atoms with van der Waals surface area (Å²) >= 11 is 11.9. The van der Waals surface area contributed by atoms with Crippen molar-refractivity contribution < 1.29 is 4.92 Å². The van der Waals surface area contributed by atoms with Crippen LogP contribution in [0.15, 0.2) is 12.1 Å². The molecule has 2 unspecified atom stereocenters. The molecule has 2 N–H and O–H groups in total. The lowest BCUT2D eigenvalue weighted by Gasteiger charge is -2.39. The highest BCUT2D eigenvalue weighted by Gasteiger charge is 2.30. The minimum Gasteiger partial charge on any atom is -0.362 e. The molecule has 0 spiro atoms. The van der Waals surface area contributed by atoms with Crippen LogP contribution in [0.5, 0.6) is 0 Å². The van der Waals surface area contributed by atoms with Crippen LogP contribution < -0.4 is 10.6 Å². The maximum Gasteiger partial charge on any atom is 0.294 e. The third-order valence-corrected chi connectivity index (χ3v) is 4.50. The van der Waals surface area contributed by atoms with Crippen molar-refractivity contribution in [3.05, 3.63) is 32.3 Å². The first-order chi connectivity index (χ1) is 9.43. The van der Waals surface area contributed by atoms with Gasteiger partial charge in [0, 0.05) is 25.2 Å². The third-order valence-electron chi connectivity index (χ3n) is 3.77. The van der Waals surface area contributed by atoms with E-state index in [0.717, 1.165) is 19.4 Å². The van der Waals surface area contributed by atoms with Crippen LogP contribution in [0.2, 0.25) is 10.0 Å². The Bertz CT molecular complexity index is 525. The topological polar surface area (TPSA) is 72.4 Å². The summed E-state index contributed by atoms with van der Waals surface area (Å²) in [5.41, 5.74) is 6.30. The predicted molar refractivity (Wildman–Crippen MR) is 81.7 cm³/mol. The molecule has 110 valence electrons. The van der Waals surface area contributed by atoms with Gasteiger partial charge in [-0.2, -0.15) is 0 Å². The molecule has 0 radical (unpaired) electrons. The molecule has 2 rings (SSSR count). The molecular formula is C13H17Cl2N3O2. The van der Waals surface area contributed by atoms with Crippen LogP contribution in [-0.4, -0.2) is 24.1 Å². The smallest absolute Gasteiger partial charge is 0.294 e. The highest BCUT2D eigenvalue weighted by molar-refractivity contribution is 6.42. The standard InChI is InChI=1S/C13H17Cl2N3O2/c1-8-2-3-17(9(4-8)7-16)12-5-10(14)11(15)6-13(12)18(19)20/h5-6,8-9H,2-4,7,16H2,1H3. The highest BCUT2D eigenvalue weighted by Crippen LogP contribution is 2.39. The number of hydrogen-bond acceptors (Lipinski definition) is 4. The zero-order valence-corrected chi connectivity index (χ0v) is 12.7. The van der Waals surface area contributed by atoms with E-state index in [4.69, 9.17) is 28.9 Å². The number of halogens is 2. The van der Waals surface area contributed by atoms with Gasteiger partial charge in [0.1, 0.15) is 5.69 Å². The summed E-state index contributed by atoms with van der Waals surface area (Å²) in [4.78, 5) is 12.8. The van der Waals surface area contributed by atoms with E-state index in [1.54, 1.807) is 6.07 Å². The molecule has 1 aliphatic heterocycles. The number of rotatable bonds is 3. The molecule has 1 aromatic carbocycles. The second kappa shape index (κ2) is 6.16. The minimum absolute atomic E-state index is 0.0209. The molecule has 1 aliphatic rings. The molecule has 7 heteroatoms. The van der Waals surface area contributed by atoms with Crippen molar-refractivity contribution in [3.63, 3.8) is 0 Å². The van der Waals surface area contributed by atoms with Crippen LogP contribution >= 0.6 is 23.2 Å². The van der Waals surface area contributed by atoms with E-state index in [1.165, 1.54) is 6.07 Å². The molecule has 1 heterocycles. The summed E-state index contributed by atoms with van der Waals surface area (Å²) in [6, 6.07) is 2.97. The van der Waals surface area contributed by atoms with Gasteiger partial charge in [-0.3, -0.25) is 10.1 Å². The Morgan fingerprint density at radius 1 is 1.45 bits per heavy atom. The van der Waals surface area contributed by atoms with Gasteiger partial charge < -0.3 is 10.6 Å². The van der Waals surface area contributed by atoms with Crippen molar-refractivity contribution in [2.75, 3.05) is 18.0 Å². The lowest BCUT2D eigenvalue weighted by atomic mass is 9.92. The Kier molecular flexibility index (Phi) is 4.73. The number of nitrogens with two attached hydrogens (primary N) is 1. The van der Waals surface area contributed by atoms with Crippen molar-refractivity contribution in [1.29, 1.82) is 0 Å². The van der Waals surface area contributed by atoms with Gasteiger partial charge in [-0.05, 0) is 24.8 Å². The molecule has 1 saturated heterocycles.